The van der Waals surface area contributed by atoms with Crippen molar-refractivity contribution in [1.82, 2.24) is 9.21 Å². The summed E-state index contributed by atoms with van der Waals surface area (Å²) >= 11 is 1.24. The highest BCUT2D eigenvalue weighted by Gasteiger charge is 2.37. The summed E-state index contributed by atoms with van der Waals surface area (Å²) in [6.07, 6.45) is -0.290. The molecule has 7 nitrogen and oxygen atoms in total. The molecule has 9 heteroatoms. The van der Waals surface area contributed by atoms with Crippen molar-refractivity contribution in [2.24, 2.45) is 0 Å². The lowest BCUT2D eigenvalue weighted by Crippen LogP contribution is -2.62. The molecular formula is C18H23N3O4S2. The van der Waals surface area contributed by atoms with E-state index in [2.05, 4.69) is 9.80 Å². The van der Waals surface area contributed by atoms with Crippen LogP contribution in [0.1, 0.15) is 0 Å². The number of sulfonamides is 1. The van der Waals surface area contributed by atoms with Crippen LogP contribution in [0.2, 0.25) is 0 Å². The number of aliphatic hydroxyl groups excluding tert-OH is 1. The van der Waals surface area contributed by atoms with Crippen LogP contribution >= 0.6 is 11.3 Å². The number of piperazine rings is 1. The number of β-amino-alcohol motifs (C(OH)–C–C–N with tert-alkyl or cyclic N) is 1. The van der Waals surface area contributed by atoms with Gasteiger partial charge in [0.2, 0.25) is 0 Å². The second-order valence-corrected chi connectivity index (χ2v) is 10.1. The molecule has 27 heavy (non-hydrogen) atoms. The maximum absolute atomic E-state index is 12.9. The Labute approximate surface area is 163 Å². The van der Waals surface area contributed by atoms with Crippen molar-refractivity contribution >= 4 is 27.0 Å². The monoisotopic (exact) mass is 409 g/mol. The summed E-state index contributed by atoms with van der Waals surface area (Å²) in [6, 6.07) is 10.4. The lowest BCUT2D eigenvalue weighted by Gasteiger charge is -2.46. The highest BCUT2D eigenvalue weighted by molar-refractivity contribution is 7.91. The summed E-state index contributed by atoms with van der Waals surface area (Å²) < 4.78 is 27.8. The van der Waals surface area contributed by atoms with Crippen LogP contribution < -0.4 is 4.90 Å². The number of nitrogens with zero attached hydrogens (tertiary/aromatic N) is 3. The number of hydrogen-bond donors (Lipinski definition) is 2. The van der Waals surface area contributed by atoms with Gasteiger partial charge in [-0.25, -0.2) is 8.42 Å². The molecule has 1 aromatic heterocycles. The maximum atomic E-state index is 12.9. The van der Waals surface area contributed by atoms with E-state index in [9.17, 15) is 18.6 Å². The minimum atomic E-state index is -3.48. The summed E-state index contributed by atoms with van der Waals surface area (Å²) in [5, 5.41) is 20.9. The zero-order valence-electron chi connectivity index (χ0n) is 14.8. The average Bonchev–Trinajstić information content (AvgIpc) is 3.17. The molecule has 0 aliphatic carbocycles. The van der Waals surface area contributed by atoms with E-state index in [1.54, 1.807) is 34.0 Å². The third kappa shape index (κ3) is 3.83. The van der Waals surface area contributed by atoms with E-state index < -0.39 is 10.0 Å². The van der Waals surface area contributed by atoms with Crippen LogP contribution in [0.25, 0.3) is 0 Å². The molecule has 0 amide bonds. The number of likely N-dealkylation sites (tertiary alicyclic amines) is 1. The summed E-state index contributed by atoms with van der Waals surface area (Å²) in [7, 11) is -3.48. The molecule has 2 N–H and O–H groups in total. The number of phenolic OH excluding ortho intramolecular Hbond substituents is 1. The van der Waals surface area contributed by atoms with Gasteiger partial charge in [-0.1, -0.05) is 6.07 Å². The number of aliphatic hydroxyl groups is 1. The Balaban J connectivity index is 1.56. The van der Waals surface area contributed by atoms with Crippen molar-refractivity contribution < 1.29 is 18.6 Å². The van der Waals surface area contributed by atoms with Crippen LogP contribution in [0.5, 0.6) is 5.75 Å². The first kappa shape index (κ1) is 18.7. The summed E-state index contributed by atoms with van der Waals surface area (Å²) in [5.41, 5.74) is 0.965. The van der Waals surface area contributed by atoms with Gasteiger partial charge in [0.1, 0.15) is 9.96 Å². The van der Waals surface area contributed by atoms with E-state index in [1.807, 2.05) is 12.1 Å². The lowest BCUT2D eigenvalue weighted by atomic mass is 10.1. The standard InChI is InChI=1S/C18H23N3O4S2/c22-16-5-3-14(4-6-16)21-8-7-20(27(24,25)18-2-1-9-26-18)11-15(21)10-19-12-17(23)13-19/h1-6,9,15,17,22-23H,7-8,10-13H2/t15-/m0/s1. The quantitative estimate of drug-likeness (QED) is 0.767. The third-order valence-corrected chi connectivity index (χ3v) is 8.36. The Bertz CT molecular complexity index is 865. The van der Waals surface area contributed by atoms with Crippen LogP contribution in [-0.4, -0.2) is 79.3 Å². The molecule has 2 aliphatic rings. The molecule has 0 spiro atoms. The highest BCUT2D eigenvalue weighted by atomic mass is 32.2. The van der Waals surface area contributed by atoms with Crippen LogP contribution in [0.15, 0.2) is 46.0 Å². The SMILES string of the molecule is O=S(=O)(c1cccs1)N1CCN(c2ccc(O)cc2)[C@@H](CN2CC(O)C2)C1. The fourth-order valence-electron chi connectivity index (χ4n) is 3.71. The van der Waals surface area contributed by atoms with Crippen molar-refractivity contribution in [3.8, 4) is 5.75 Å². The van der Waals surface area contributed by atoms with Gasteiger partial charge < -0.3 is 15.1 Å². The Kier molecular flexibility index (Phi) is 5.13. The molecule has 2 aromatic rings. The van der Waals surface area contributed by atoms with Crippen LogP contribution in [0.3, 0.4) is 0 Å². The van der Waals surface area contributed by atoms with E-state index in [-0.39, 0.29) is 17.9 Å². The Morgan fingerprint density at radius 2 is 1.81 bits per heavy atom. The molecule has 0 radical (unpaired) electrons. The van der Waals surface area contributed by atoms with Gasteiger partial charge in [-0.2, -0.15) is 4.31 Å². The van der Waals surface area contributed by atoms with Gasteiger partial charge in [-0.05, 0) is 35.7 Å². The lowest BCUT2D eigenvalue weighted by molar-refractivity contribution is -0.00304. The Morgan fingerprint density at radius 1 is 1.07 bits per heavy atom. The predicted molar refractivity (Wildman–Crippen MR) is 105 cm³/mol. The van der Waals surface area contributed by atoms with E-state index in [1.165, 1.54) is 11.3 Å². The zero-order chi connectivity index (χ0) is 19.0. The largest absolute Gasteiger partial charge is 0.508 e. The van der Waals surface area contributed by atoms with E-state index >= 15 is 0 Å². The Hall–Kier alpha value is -1.65. The van der Waals surface area contributed by atoms with Crippen LogP contribution in [0, 0.1) is 0 Å². The van der Waals surface area contributed by atoms with Gasteiger partial charge in [-0.3, -0.25) is 4.90 Å². The minimum Gasteiger partial charge on any atom is -0.508 e. The molecule has 0 unspecified atom stereocenters. The smallest absolute Gasteiger partial charge is 0.252 e. The first-order valence-electron chi connectivity index (χ1n) is 8.93. The van der Waals surface area contributed by atoms with Crippen LogP contribution in [-0.2, 0) is 10.0 Å². The van der Waals surface area contributed by atoms with Crippen molar-refractivity contribution in [3.63, 3.8) is 0 Å². The first-order valence-corrected chi connectivity index (χ1v) is 11.3. The van der Waals surface area contributed by atoms with Gasteiger partial charge in [0.15, 0.2) is 0 Å². The normalized spacial score (nSPS) is 22.7. The number of anilines is 1. The van der Waals surface area contributed by atoms with Crippen molar-refractivity contribution in [3.05, 3.63) is 41.8 Å². The molecule has 4 rings (SSSR count). The molecular weight excluding hydrogens is 386 g/mol. The number of rotatable bonds is 5. The van der Waals surface area contributed by atoms with Crippen molar-refractivity contribution in [2.75, 3.05) is 44.2 Å². The van der Waals surface area contributed by atoms with Crippen molar-refractivity contribution in [1.29, 1.82) is 0 Å². The number of hydrogen-bond acceptors (Lipinski definition) is 7. The van der Waals surface area contributed by atoms with Gasteiger partial charge >= 0.3 is 0 Å². The van der Waals surface area contributed by atoms with Gasteiger partial charge in [0.05, 0.1) is 12.1 Å². The fraction of sp³-hybridized carbons (Fsp3) is 0.444. The maximum Gasteiger partial charge on any atom is 0.252 e. The molecule has 0 saturated carbocycles. The predicted octanol–water partition coefficient (Wildman–Crippen LogP) is 1.01. The van der Waals surface area contributed by atoms with E-state index in [0.717, 1.165) is 5.69 Å². The van der Waals surface area contributed by atoms with E-state index in [0.29, 0.717) is 43.5 Å². The molecule has 146 valence electrons. The Morgan fingerprint density at radius 3 is 2.44 bits per heavy atom. The molecule has 1 atom stereocenters. The zero-order valence-corrected chi connectivity index (χ0v) is 16.4. The first-order chi connectivity index (χ1) is 12.9. The van der Waals surface area contributed by atoms with Gasteiger partial charge in [0, 0.05) is 45.0 Å². The molecule has 1 aromatic carbocycles. The number of benzene rings is 1. The topological polar surface area (TPSA) is 84.3 Å². The summed E-state index contributed by atoms with van der Waals surface area (Å²) in [5.74, 6) is 0.208. The fourth-order valence-corrected chi connectivity index (χ4v) is 6.33. The molecule has 3 heterocycles. The number of phenols is 1. The number of thiophene rings is 1. The third-order valence-electron chi connectivity index (χ3n) is 5.12. The van der Waals surface area contributed by atoms with Crippen molar-refractivity contribution in [2.45, 2.75) is 16.4 Å². The number of aromatic hydroxyl groups is 1. The van der Waals surface area contributed by atoms with Gasteiger partial charge in [0.25, 0.3) is 10.0 Å². The second kappa shape index (κ2) is 7.40. The second-order valence-electron chi connectivity index (χ2n) is 7.03. The minimum absolute atomic E-state index is 0.0227. The summed E-state index contributed by atoms with van der Waals surface area (Å²) in [6.45, 7) is 3.33. The summed E-state index contributed by atoms with van der Waals surface area (Å²) in [4.78, 5) is 4.34. The van der Waals surface area contributed by atoms with E-state index in [4.69, 9.17) is 0 Å². The molecule has 2 saturated heterocycles. The van der Waals surface area contributed by atoms with Gasteiger partial charge in [-0.15, -0.1) is 11.3 Å². The molecule has 0 bridgehead atoms. The average molecular weight is 410 g/mol. The highest BCUT2D eigenvalue weighted by Crippen LogP contribution is 2.28. The van der Waals surface area contributed by atoms with Crippen LogP contribution in [0.4, 0.5) is 5.69 Å². The molecule has 2 fully saturated rings. The molecule has 2 aliphatic heterocycles.